The van der Waals surface area contributed by atoms with Crippen molar-refractivity contribution in [2.24, 2.45) is 5.92 Å². The fourth-order valence-electron chi connectivity index (χ4n) is 5.73. The Morgan fingerprint density at radius 2 is 1.73 bits per heavy atom. The molecule has 2 heterocycles. The highest BCUT2D eigenvalue weighted by Gasteiger charge is 2.40. The van der Waals surface area contributed by atoms with Gasteiger partial charge in [-0.3, -0.25) is 4.79 Å². The molecular formula is C23H34N2O. The Kier molecular flexibility index (Phi) is 5.35. The largest absolute Gasteiger partial charge is 0.312 e. The highest BCUT2D eigenvalue weighted by atomic mass is 16.2. The summed E-state index contributed by atoms with van der Waals surface area (Å²) in [5.41, 5.74) is 2.90. The summed E-state index contributed by atoms with van der Waals surface area (Å²) in [6, 6.07) is 8.72. The minimum atomic E-state index is 0.184. The second-order valence-electron chi connectivity index (χ2n) is 8.88. The summed E-state index contributed by atoms with van der Waals surface area (Å²) < 4.78 is 0. The van der Waals surface area contributed by atoms with Crippen LogP contribution in [0.4, 0.5) is 5.69 Å². The molecule has 3 heteroatoms. The third-order valence-corrected chi connectivity index (χ3v) is 7.24. The van der Waals surface area contributed by atoms with E-state index in [2.05, 4.69) is 29.2 Å². The lowest BCUT2D eigenvalue weighted by molar-refractivity contribution is -0.116. The van der Waals surface area contributed by atoms with Gasteiger partial charge in [-0.2, -0.15) is 0 Å². The van der Waals surface area contributed by atoms with Gasteiger partial charge in [0.05, 0.1) is 0 Å². The summed E-state index contributed by atoms with van der Waals surface area (Å²) >= 11 is 0. The number of carbonyl (C=O) groups is 1. The molecule has 1 aromatic carbocycles. The second-order valence-corrected chi connectivity index (χ2v) is 8.88. The standard InChI is InChI=1S/C23H34N2O/c1-19(26)25-15-7-12-23(21-10-5-6-11-22(21)25)13-16-24(17-14-23)18-20-8-3-2-4-9-20/h5-6,10-11,20H,2-4,7-9,12-18H2,1H3. The number of likely N-dealkylation sites (tertiary alicyclic amines) is 1. The molecular weight excluding hydrogens is 320 g/mol. The molecule has 3 aliphatic rings. The van der Waals surface area contributed by atoms with Gasteiger partial charge in [0.1, 0.15) is 0 Å². The third kappa shape index (κ3) is 3.55. The highest BCUT2D eigenvalue weighted by Crippen LogP contribution is 2.46. The molecule has 2 aliphatic heterocycles. The summed E-state index contributed by atoms with van der Waals surface area (Å²) in [6.07, 6.45) is 12.1. The Balaban J connectivity index is 1.50. The number of piperidine rings is 1. The van der Waals surface area contributed by atoms with Crippen molar-refractivity contribution in [1.82, 2.24) is 4.90 Å². The van der Waals surface area contributed by atoms with E-state index in [0.29, 0.717) is 0 Å². The van der Waals surface area contributed by atoms with Gasteiger partial charge in [0.15, 0.2) is 0 Å². The first-order chi connectivity index (χ1) is 12.7. The van der Waals surface area contributed by atoms with Gasteiger partial charge in [-0.05, 0) is 74.6 Å². The first-order valence-corrected chi connectivity index (χ1v) is 10.8. The van der Waals surface area contributed by atoms with E-state index >= 15 is 0 Å². The zero-order chi connectivity index (χ0) is 18.0. The van der Waals surface area contributed by atoms with Gasteiger partial charge in [0.2, 0.25) is 5.91 Å². The number of para-hydroxylation sites is 1. The van der Waals surface area contributed by atoms with E-state index in [1.165, 1.54) is 82.3 Å². The normalized spacial score (nSPS) is 24.3. The lowest BCUT2D eigenvalue weighted by atomic mass is 9.69. The molecule has 1 amide bonds. The second kappa shape index (κ2) is 7.72. The minimum Gasteiger partial charge on any atom is -0.312 e. The molecule has 1 saturated heterocycles. The minimum absolute atomic E-state index is 0.184. The van der Waals surface area contributed by atoms with Crippen LogP contribution in [0.1, 0.15) is 70.3 Å². The molecule has 2 fully saturated rings. The predicted octanol–water partition coefficient (Wildman–Crippen LogP) is 4.75. The Morgan fingerprint density at radius 3 is 2.46 bits per heavy atom. The zero-order valence-corrected chi connectivity index (χ0v) is 16.4. The van der Waals surface area contributed by atoms with Gasteiger partial charge in [-0.1, -0.05) is 37.5 Å². The van der Waals surface area contributed by atoms with E-state index in [4.69, 9.17) is 0 Å². The van der Waals surface area contributed by atoms with Crippen molar-refractivity contribution in [2.45, 2.75) is 70.1 Å². The molecule has 0 radical (unpaired) electrons. The van der Waals surface area contributed by atoms with Crippen LogP contribution >= 0.6 is 0 Å². The SMILES string of the molecule is CC(=O)N1CCCC2(CCN(CC3CCCCC3)CC2)c2ccccc21. The van der Waals surface area contributed by atoms with E-state index in [0.717, 1.165) is 18.9 Å². The summed E-state index contributed by atoms with van der Waals surface area (Å²) in [6.45, 7) is 6.36. The first-order valence-electron chi connectivity index (χ1n) is 10.8. The van der Waals surface area contributed by atoms with Crippen LogP contribution in [0.15, 0.2) is 24.3 Å². The Labute approximate surface area is 158 Å². The Morgan fingerprint density at radius 1 is 1.00 bits per heavy atom. The molecule has 1 aliphatic carbocycles. The fraction of sp³-hybridized carbons (Fsp3) is 0.696. The molecule has 0 atom stereocenters. The number of carbonyl (C=O) groups excluding carboxylic acids is 1. The Hall–Kier alpha value is -1.35. The van der Waals surface area contributed by atoms with Crippen LogP contribution < -0.4 is 4.90 Å². The smallest absolute Gasteiger partial charge is 0.223 e. The van der Waals surface area contributed by atoms with Crippen LogP contribution in [-0.4, -0.2) is 37.0 Å². The number of amides is 1. The van der Waals surface area contributed by atoms with Crippen LogP contribution in [0, 0.1) is 5.92 Å². The van der Waals surface area contributed by atoms with Gasteiger partial charge in [-0.25, -0.2) is 0 Å². The van der Waals surface area contributed by atoms with Gasteiger partial charge in [0, 0.05) is 25.7 Å². The van der Waals surface area contributed by atoms with Gasteiger partial charge in [-0.15, -0.1) is 0 Å². The van der Waals surface area contributed by atoms with Crippen LogP contribution in [0.2, 0.25) is 0 Å². The monoisotopic (exact) mass is 354 g/mol. The van der Waals surface area contributed by atoms with E-state index < -0.39 is 0 Å². The van der Waals surface area contributed by atoms with Crippen molar-refractivity contribution in [3.05, 3.63) is 29.8 Å². The molecule has 3 nitrogen and oxygen atoms in total. The lowest BCUT2D eigenvalue weighted by Gasteiger charge is -2.43. The molecule has 142 valence electrons. The predicted molar refractivity (Wildman–Crippen MR) is 108 cm³/mol. The van der Waals surface area contributed by atoms with Crippen molar-refractivity contribution < 1.29 is 4.79 Å². The number of hydrogen-bond acceptors (Lipinski definition) is 2. The Bertz CT molecular complexity index is 627. The van der Waals surface area contributed by atoms with E-state index in [-0.39, 0.29) is 11.3 Å². The number of anilines is 1. The lowest BCUT2D eigenvalue weighted by Crippen LogP contribution is -2.44. The van der Waals surface area contributed by atoms with Crippen molar-refractivity contribution >= 4 is 11.6 Å². The van der Waals surface area contributed by atoms with Gasteiger partial charge in [0.25, 0.3) is 0 Å². The molecule has 1 aromatic rings. The molecule has 1 saturated carbocycles. The van der Waals surface area contributed by atoms with E-state index in [9.17, 15) is 4.79 Å². The maximum atomic E-state index is 12.2. The summed E-state index contributed by atoms with van der Waals surface area (Å²) in [5, 5.41) is 0. The topological polar surface area (TPSA) is 23.6 Å². The van der Waals surface area contributed by atoms with Crippen LogP contribution in [-0.2, 0) is 10.2 Å². The summed E-state index contributed by atoms with van der Waals surface area (Å²) in [5.74, 6) is 1.12. The number of rotatable bonds is 2. The number of hydrogen-bond donors (Lipinski definition) is 0. The number of nitrogens with zero attached hydrogens (tertiary/aromatic N) is 2. The van der Waals surface area contributed by atoms with E-state index in [1.54, 1.807) is 6.92 Å². The first kappa shape index (κ1) is 18.0. The van der Waals surface area contributed by atoms with E-state index in [1.807, 2.05) is 4.90 Å². The van der Waals surface area contributed by atoms with Gasteiger partial charge >= 0.3 is 0 Å². The molecule has 0 N–H and O–H groups in total. The van der Waals surface area contributed by atoms with Crippen LogP contribution in [0.5, 0.6) is 0 Å². The zero-order valence-electron chi connectivity index (χ0n) is 16.4. The van der Waals surface area contributed by atoms with Crippen molar-refractivity contribution in [2.75, 3.05) is 31.1 Å². The molecule has 26 heavy (non-hydrogen) atoms. The number of fused-ring (bicyclic) bond motifs is 2. The highest BCUT2D eigenvalue weighted by molar-refractivity contribution is 5.92. The van der Waals surface area contributed by atoms with Crippen LogP contribution in [0.3, 0.4) is 0 Å². The van der Waals surface area contributed by atoms with Crippen molar-refractivity contribution in [1.29, 1.82) is 0 Å². The maximum Gasteiger partial charge on any atom is 0.223 e. The quantitative estimate of drug-likeness (QED) is 0.765. The third-order valence-electron chi connectivity index (χ3n) is 7.24. The number of benzene rings is 1. The van der Waals surface area contributed by atoms with Crippen molar-refractivity contribution in [3.8, 4) is 0 Å². The van der Waals surface area contributed by atoms with Gasteiger partial charge < -0.3 is 9.80 Å². The molecule has 1 spiro atoms. The average Bonchev–Trinajstić information content (AvgIpc) is 2.82. The summed E-state index contributed by atoms with van der Waals surface area (Å²) in [4.78, 5) is 16.9. The fourth-order valence-corrected chi connectivity index (χ4v) is 5.73. The molecule has 0 bridgehead atoms. The van der Waals surface area contributed by atoms with Crippen LogP contribution in [0.25, 0.3) is 0 Å². The molecule has 4 rings (SSSR count). The molecule has 0 aromatic heterocycles. The average molecular weight is 355 g/mol. The summed E-state index contributed by atoms with van der Waals surface area (Å²) in [7, 11) is 0. The maximum absolute atomic E-state index is 12.2. The molecule has 0 unspecified atom stereocenters. The van der Waals surface area contributed by atoms with Crippen molar-refractivity contribution in [3.63, 3.8) is 0 Å².